The number of nitrogens with one attached hydrogen (secondary N) is 1. The van der Waals surface area contributed by atoms with Gasteiger partial charge in [-0.3, -0.25) is 4.79 Å². The van der Waals surface area contributed by atoms with Gasteiger partial charge in [-0.25, -0.2) is 0 Å². The average molecular weight is 279 g/mol. The lowest BCUT2D eigenvalue weighted by Crippen LogP contribution is -2.64. The lowest BCUT2D eigenvalue weighted by atomic mass is 10.1. The van der Waals surface area contributed by atoms with E-state index < -0.39 is 20.8 Å². The zero-order chi connectivity index (χ0) is 14.3. The summed E-state index contributed by atoms with van der Waals surface area (Å²) in [5.41, 5.74) is -0.385. The zero-order valence-electron chi connectivity index (χ0n) is 12.0. The fourth-order valence-corrected chi connectivity index (χ4v) is 4.23. The number of hydrogen-bond donors (Lipinski definition) is 2. The van der Waals surface area contributed by atoms with Crippen molar-refractivity contribution in [2.75, 3.05) is 21.3 Å². The molecule has 6 nitrogen and oxygen atoms in total. The molecule has 18 heavy (non-hydrogen) atoms. The maximum atomic E-state index is 11.7. The Hall–Kier alpha value is -0.473. The number of rotatable bonds is 8. The van der Waals surface area contributed by atoms with Gasteiger partial charge in [0.1, 0.15) is 11.8 Å². The van der Waals surface area contributed by atoms with Crippen LogP contribution in [0.15, 0.2) is 0 Å². The standard InChI is InChI=1S/C11H25NO5Si/c1-7-8(2)11(12-10(14)9(3)13)18(15-4,16-5)17-6/h8-9,11,13H,7H2,1-6H3,(H,12,14). The van der Waals surface area contributed by atoms with E-state index in [1.807, 2.05) is 13.8 Å². The maximum absolute atomic E-state index is 11.7. The third-order valence-electron chi connectivity index (χ3n) is 3.12. The van der Waals surface area contributed by atoms with Crippen molar-refractivity contribution in [1.82, 2.24) is 5.32 Å². The van der Waals surface area contributed by atoms with Crippen LogP contribution < -0.4 is 5.32 Å². The minimum Gasteiger partial charge on any atom is -0.384 e. The fourth-order valence-electron chi connectivity index (χ4n) is 1.72. The van der Waals surface area contributed by atoms with Crippen LogP contribution in [-0.2, 0) is 18.1 Å². The van der Waals surface area contributed by atoms with Gasteiger partial charge in [-0.2, -0.15) is 0 Å². The van der Waals surface area contributed by atoms with E-state index in [-0.39, 0.29) is 11.6 Å². The van der Waals surface area contributed by atoms with Gasteiger partial charge in [-0.15, -0.1) is 0 Å². The largest absolute Gasteiger partial charge is 0.523 e. The number of aliphatic hydroxyl groups excluding tert-OH is 1. The molecule has 1 amide bonds. The van der Waals surface area contributed by atoms with E-state index >= 15 is 0 Å². The average Bonchev–Trinajstić information content (AvgIpc) is 2.38. The zero-order valence-corrected chi connectivity index (χ0v) is 13.0. The maximum Gasteiger partial charge on any atom is 0.523 e. The number of carbonyl (C=O) groups excluding carboxylic acids is 1. The Kier molecular flexibility index (Phi) is 7.65. The predicted molar refractivity (Wildman–Crippen MR) is 69.8 cm³/mol. The summed E-state index contributed by atoms with van der Waals surface area (Å²) in [5.74, 6) is -0.345. The first-order chi connectivity index (χ1) is 8.38. The van der Waals surface area contributed by atoms with Crippen LogP contribution in [0.4, 0.5) is 0 Å². The Labute approximate surface area is 110 Å². The number of carbonyl (C=O) groups is 1. The van der Waals surface area contributed by atoms with Crippen molar-refractivity contribution in [3.63, 3.8) is 0 Å². The minimum absolute atomic E-state index is 0.110. The molecule has 0 aliphatic carbocycles. The summed E-state index contributed by atoms with van der Waals surface area (Å²) in [6.45, 7) is 5.40. The van der Waals surface area contributed by atoms with Gasteiger partial charge in [-0.05, 0) is 12.8 Å². The third kappa shape index (κ3) is 4.03. The van der Waals surface area contributed by atoms with Crippen molar-refractivity contribution in [3.8, 4) is 0 Å². The van der Waals surface area contributed by atoms with E-state index in [4.69, 9.17) is 13.3 Å². The van der Waals surface area contributed by atoms with Crippen molar-refractivity contribution < 1.29 is 23.2 Å². The van der Waals surface area contributed by atoms with Crippen molar-refractivity contribution in [2.45, 2.75) is 39.0 Å². The summed E-state index contributed by atoms with van der Waals surface area (Å²) < 4.78 is 16.2. The molecule has 0 radical (unpaired) electrons. The topological polar surface area (TPSA) is 77.0 Å². The van der Waals surface area contributed by atoms with E-state index in [1.165, 1.54) is 28.3 Å². The molecule has 2 N–H and O–H groups in total. The molecule has 0 rings (SSSR count). The van der Waals surface area contributed by atoms with Crippen LogP contribution in [0.2, 0.25) is 0 Å². The highest BCUT2D eigenvalue weighted by Crippen LogP contribution is 2.21. The van der Waals surface area contributed by atoms with Crippen LogP contribution in [-0.4, -0.2) is 52.9 Å². The van der Waals surface area contributed by atoms with E-state index in [0.717, 1.165) is 6.42 Å². The molecular formula is C11H25NO5Si. The monoisotopic (exact) mass is 279 g/mol. The van der Waals surface area contributed by atoms with Gasteiger partial charge >= 0.3 is 8.80 Å². The summed E-state index contributed by atoms with van der Waals surface area (Å²) >= 11 is 0. The molecule has 0 heterocycles. The lowest BCUT2D eigenvalue weighted by Gasteiger charge is -2.36. The predicted octanol–water partition coefficient (Wildman–Crippen LogP) is 0.315. The van der Waals surface area contributed by atoms with Crippen LogP contribution in [0.1, 0.15) is 27.2 Å². The first-order valence-corrected chi connectivity index (χ1v) is 7.82. The molecule has 0 aromatic heterocycles. The summed E-state index contributed by atoms with van der Waals surface area (Å²) in [6, 6.07) is 0. The molecule has 0 aromatic carbocycles. The van der Waals surface area contributed by atoms with Gasteiger partial charge in [0.2, 0.25) is 5.91 Å². The summed E-state index contributed by atoms with van der Waals surface area (Å²) in [4.78, 5) is 11.7. The highest BCUT2D eigenvalue weighted by Gasteiger charge is 2.50. The van der Waals surface area contributed by atoms with Crippen LogP contribution in [0, 0.1) is 5.92 Å². The second-order valence-corrected chi connectivity index (χ2v) is 7.32. The Morgan fingerprint density at radius 2 is 1.67 bits per heavy atom. The molecule has 0 saturated heterocycles. The van der Waals surface area contributed by atoms with Crippen LogP contribution in [0.5, 0.6) is 0 Å². The number of aliphatic hydroxyl groups is 1. The van der Waals surface area contributed by atoms with Crippen molar-refractivity contribution in [1.29, 1.82) is 0 Å². The molecule has 0 fully saturated rings. The minimum atomic E-state index is -2.98. The smallest absolute Gasteiger partial charge is 0.384 e. The fraction of sp³-hybridized carbons (Fsp3) is 0.909. The molecular weight excluding hydrogens is 254 g/mol. The first-order valence-electron chi connectivity index (χ1n) is 6.02. The van der Waals surface area contributed by atoms with Crippen molar-refractivity contribution in [3.05, 3.63) is 0 Å². The Morgan fingerprint density at radius 3 is 1.94 bits per heavy atom. The van der Waals surface area contributed by atoms with E-state index in [2.05, 4.69) is 5.32 Å². The van der Waals surface area contributed by atoms with Gasteiger partial charge in [-0.1, -0.05) is 20.3 Å². The van der Waals surface area contributed by atoms with Gasteiger partial charge in [0.05, 0.1) is 0 Å². The highest BCUT2D eigenvalue weighted by atomic mass is 28.4. The van der Waals surface area contributed by atoms with Gasteiger partial charge in [0, 0.05) is 21.3 Å². The van der Waals surface area contributed by atoms with Gasteiger partial charge < -0.3 is 23.7 Å². The SMILES string of the molecule is CCC(C)C(NC(=O)C(C)O)[Si](OC)(OC)OC. The van der Waals surface area contributed by atoms with Crippen molar-refractivity contribution in [2.24, 2.45) is 5.92 Å². The molecule has 0 spiro atoms. The molecule has 3 unspecified atom stereocenters. The summed E-state index contributed by atoms with van der Waals surface area (Å²) in [5, 5.41) is 12.0. The second-order valence-electron chi connectivity index (χ2n) is 4.26. The molecule has 0 aliphatic heterocycles. The molecule has 0 bridgehead atoms. The molecule has 108 valence electrons. The molecule has 0 aliphatic rings. The van der Waals surface area contributed by atoms with E-state index in [1.54, 1.807) is 0 Å². The molecule has 0 aromatic rings. The molecule has 0 saturated carbocycles. The summed E-state index contributed by atoms with van der Waals surface area (Å²) in [6.07, 6.45) is -0.246. The van der Waals surface area contributed by atoms with Crippen LogP contribution in [0.3, 0.4) is 0 Å². The van der Waals surface area contributed by atoms with Crippen LogP contribution in [0.25, 0.3) is 0 Å². The Morgan fingerprint density at radius 1 is 1.22 bits per heavy atom. The van der Waals surface area contributed by atoms with Gasteiger partial charge in [0.15, 0.2) is 0 Å². The number of hydrogen-bond acceptors (Lipinski definition) is 5. The Bertz CT molecular complexity index is 250. The van der Waals surface area contributed by atoms with E-state index in [0.29, 0.717) is 0 Å². The molecule has 3 atom stereocenters. The lowest BCUT2D eigenvalue weighted by molar-refractivity contribution is -0.129. The van der Waals surface area contributed by atoms with Gasteiger partial charge in [0.25, 0.3) is 0 Å². The normalized spacial score (nSPS) is 17.1. The summed E-state index contributed by atoms with van der Waals surface area (Å²) in [7, 11) is 1.53. The second kappa shape index (κ2) is 7.85. The quantitative estimate of drug-likeness (QED) is 0.626. The molecule has 7 heteroatoms. The van der Waals surface area contributed by atoms with Crippen molar-refractivity contribution >= 4 is 14.7 Å². The number of amides is 1. The van der Waals surface area contributed by atoms with Crippen LogP contribution >= 0.6 is 0 Å². The van der Waals surface area contributed by atoms with E-state index in [9.17, 15) is 9.90 Å². The first kappa shape index (κ1) is 17.5. The highest BCUT2D eigenvalue weighted by molar-refractivity contribution is 6.62. The Balaban J connectivity index is 5.14. The third-order valence-corrected chi connectivity index (χ3v) is 6.31.